The molecular formula is C16H19ClN2O. The van der Waals surface area contributed by atoms with Crippen LogP contribution in [-0.4, -0.2) is 13.7 Å². The molecule has 0 bridgehead atoms. The Kier molecular flexibility index (Phi) is 4.65. The number of hydrogen-bond donors (Lipinski definition) is 2. The average Bonchev–Trinajstić information content (AvgIpc) is 2.47. The summed E-state index contributed by atoms with van der Waals surface area (Å²) < 4.78 is 5.27. The molecule has 0 saturated carbocycles. The Bertz CT molecular complexity index is 588. The molecule has 20 heavy (non-hydrogen) atoms. The van der Waals surface area contributed by atoms with Crippen LogP contribution in [0.1, 0.15) is 17.5 Å². The van der Waals surface area contributed by atoms with Gasteiger partial charge in [-0.05, 0) is 48.4 Å². The highest BCUT2D eigenvalue weighted by Gasteiger charge is 2.29. The largest absolute Gasteiger partial charge is 0.497 e. The van der Waals surface area contributed by atoms with E-state index in [-0.39, 0.29) is 0 Å². The van der Waals surface area contributed by atoms with E-state index in [1.54, 1.807) is 7.11 Å². The molecule has 0 aliphatic rings. The number of halogens is 1. The molecule has 0 fully saturated rings. The van der Waals surface area contributed by atoms with Crippen molar-refractivity contribution in [2.75, 3.05) is 13.7 Å². The van der Waals surface area contributed by atoms with Gasteiger partial charge in [-0.1, -0.05) is 35.9 Å². The van der Waals surface area contributed by atoms with Crippen molar-refractivity contribution < 1.29 is 4.74 Å². The highest BCUT2D eigenvalue weighted by Crippen LogP contribution is 2.33. The Balaban J connectivity index is 2.53. The molecule has 0 spiro atoms. The van der Waals surface area contributed by atoms with Crippen molar-refractivity contribution >= 4 is 11.6 Å². The molecule has 1 atom stereocenters. The van der Waals surface area contributed by atoms with E-state index in [1.165, 1.54) is 0 Å². The number of nitrogens with two attached hydrogens (primary N) is 2. The quantitative estimate of drug-likeness (QED) is 0.890. The Morgan fingerprint density at radius 1 is 1.10 bits per heavy atom. The van der Waals surface area contributed by atoms with Gasteiger partial charge in [0.15, 0.2) is 0 Å². The van der Waals surface area contributed by atoms with Gasteiger partial charge < -0.3 is 16.2 Å². The number of rotatable bonds is 5. The lowest BCUT2D eigenvalue weighted by Gasteiger charge is -2.31. The first-order valence-corrected chi connectivity index (χ1v) is 6.87. The first-order chi connectivity index (χ1) is 9.60. The monoisotopic (exact) mass is 290 g/mol. The Hall–Kier alpha value is -1.55. The molecule has 2 aromatic rings. The summed E-state index contributed by atoms with van der Waals surface area (Å²) in [6.07, 6.45) is 0.626. The van der Waals surface area contributed by atoms with Gasteiger partial charge >= 0.3 is 0 Å². The van der Waals surface area contributed by atoms with Crippen molar-refractivity contribution in [2.24, 2.45) is 11.5 Å². The van der Waals surface area contributed by atoms with E-state index >= 15 is 0 Å². The van der Waals surface area contributed by atoms with Gasteiger partial charge in [-0.3, -0.25) is 0 Å². The van der Waals surface area contributed by atoms with Crippen molar-refractivity contribution in [3.8, 4) is 5.75 Å². The lowest BCUT2D eigenvalue weighted by Crippen LogP contribution is -2.40. The molecule has 0 radical (unpaired) electrons. The minimum atomic E-state index is -0.672. The normalized spacial score (nSPS) is 13.8. The Morgan fingerprint density at radius 3 is 2.35 bits per heavy atom. The van der Waals surface area contributed by atoms with Crippen LogP contribution in [0, 0.1) is 0 Å². The number of methoxy groups -OCH3 is 1. The van der Waals surface area contributed by atoms with E-state index in [2.05, 4.69) is 0 Å². The second kappa shape index (κ2) is 6.27. The zero-order chi connectivity index (χ0) is 14.6. The molecule has 0 unspecified atom stereocenters. The fraction of sp³-hybridized carbons (Fsp3) is 0.250. The minimum absolute atomic E-state index is 0.486. The number of ether oxygens (including phenoxy) is 1. The van der Waals surface area contributed by atoms with Crippen LogP contribution < -0.4 is 16.2 Å². The van der Waals surface area contributed by atoms with Crippen molar-refractivity contribution in [3.05, 3.63) is 64.7 Å². The van der Waals surface area contributed by atoms with Gasteiger partial charge in [0.1, 0.15) is 5.75 Å². The molecule has 2 aromatic carbocycles. The smallest absolute Gasteiger partial charge is 0.119 e. The summed E-state index contributed by atoms with van der Waals surface area (Å²) in [4.78, 5) is 0. The number of hydrogen-bond acceptors (Lipinski definition) is 3. The van der Waals surface area contributed by atoms with E-state index in [1.807, 2.05) is 48.5 Å². The highest BCUT2D eigenvalue weighted by molar-refractivity contribution is 6.30. The van der Waals surface area contributed by atoms with E-state index < -0.39 is 5.54 Å². The van der Waals surface area contributed by atoms with Gasteiger partial charge in [0.2, 0.25) is 0 Å². The van der Waals surface area contributed by atoms with Gasteiger partial charge in [0.05, 0.1) is 12.6 Å². The van der Waals surface area contributed by atoms with Gasteiger partial charge in [-0.25, -0.2) is 0 Å². The lowest BCUT2D eigenvalue weighted by molar-refractivity contribution is 0.411. The standard InChI is InChI=1S/C16H19ClN2O/c1-20-15-7-3-5-13(11-15)16(19,8-9-18)12-4-2-6-14(17)10-12/h2-7,10-11H,8-9,18-19H2,1H3/t16-/m0/s1. The van der Waals surface area contributed by atoms with Crippen LogP contribution in [0.25, 0.3) is 0 Å². The van der Waals surface area contributed by atoms with Crippen molar-refractivity contribution in [3.63, 3.8) is 0 Å². The molecular weight excluding hydrogens is 272 g/mol. The van der Waals surface area contributed by atoms with Gasteiger partial charge in [-0.15, -0.1) is 0 Å². The molecule has 0 aliphatic heterocycles. The molecule has 2 rings (SSSR count). The molecule has 0 aliphatic carbocycles. The summed E-state index contributed by atoms with van der Waals surface area (Å²) in [5, 5.41) is 0.664. The van der Waals surface area contributed by atoms with Crippen LogP contribution in [0.2, 0.25) is 5.02 Å². The second-order valence-electron chi connectivity index (χ2n) is 4.75. The molecule has 4 heteroatoms. The summed E-state index contributed by atoms with van der Waals surface area (Å²) in [6.45, 7) is 0.486. The van der Waals surface area contributed by atoms with Gasteiger partial charge in [0, 0.05) is 5.02 Å². The van der Waals surface area contributed by atoms with Crippen molar-refractivity contribution in [2.45, 2.75) is 12.0 Å². The fourth-order valence-corrected chi connectivity index (χ4v) is 2.54. The Morgan fingerprint density at radius 2 is 1.75 bits per heavy atom. The lowest BCUT2D eigenvalue weighted by atomic mass is 9.81. The fourth-order valence-electron chi connectivity index (χ4n) is 2.35. The maximum absolute atomic E-state index is 6.65. The third-order valence-corrected chi connectivity index (χ3v) is 3.70. The zero-order valence-electron chi connectivity index (χ0n) is 11.5. The molecule has 3 nitrogen and oxygen atoms in total. The maximum atomic E-state index is 6.65. The molecule has 106 valence electrons. The predicted molar refractivity (Wildman–Crippen MR) is 83.1 cm³/mol. The minimum Gasteiger partial charge on any atom is -0.497 e. The van der Waals surface area contributed by atoms with E-state index in [0.717, 1.165) is 16.9 Å². The summed E-state index contributed by atoms with van der Waals surface area (Å²) in [7, 11) is 1.64. The Labute approximate surface area is 124 Å². The first-order valence-electron chi connectivity index (χ1n) is 6.49. The van der Waals surface area contributed by atoms with Crippen molar-refractivity contribution in [1.82, 2.24) is 0 Å². The first kappa shape index (κ1) is 14.9. The highest BCUT2D eigenvalue weighted by atomic mass is 35.5. The van der Waals surface area contributed by atoms with Crippen LogP contribution in [0.4, 0.5) is 0 Å². The summed E-state index contributed by atoms with van der Waals surface area (Å²) in [6, 6.07) is 15.3. The third-order valence-electron chi connectivity index (χ3n) is 3.46. The predicted octanol–water partition coefficient (Wildman–Crippen LogP) is 2.90. The average molecular weight is 291 g/mol. The van der Waals surface area contributed by atoms with Crippen LogP contribution in [-0.2, 0) is 5.54 Å². The topological polar surface area (TPSA) is 61.3 Å². The molecule has 4 N–H and O–H groups in total. The van der Waals surface area contributed by atoms with Crippen LogP contribution in [0.5, 0.6) is 5.75 Å². The van der Waals surface area contributed by atoms with E-state index in [4.69, 9.17) is 27.8 Å². The summed E-state index contributed by atoms with van der Waals surface area (Å²) >= 11 is 6.09. The van der Waals surface area contributed by atoms with Gasteiger partial charge in [-0.2, -0.15) is 0 Å². The van der Waals surface area contributed by atoms with Crippen LogP contribution in [0.3, 0.4) is 0 Å². The molecule has 0 amide bonds. The maximum Gasteiger partial charge on any atom is 0.119 e. The molecule has 0 heterocycles. The third kappa shape index (κ3) is 2.96. The molecule has 0 saturated heterocycles. The SMILES string of the molecule is COc1cccc([C@](N)(CCN)c2cccc(Cl)c2)c1. The second-order valence-corrected chi connectivity index (χ2v) is 5.19. The van der Waals surface area contributed by atoms with E-state index in [0.29, 0.717) is 18.0 Å². The summed E-state index contributed by atoms with van der Waals surface area (Å²) in [5.74, 6) is 0.774. The van der Waals surface area contributed by atoms with Crippen LogP contribution >= 0.6 is 11.6 Å². The van der Waals surface area contributed by atoms with Gasteiger partial charge in [0.25, 0.3) is 0 Å². The zero-order valence-corrected chi connectivity index (χ0v) is 12.2. The summed E-state index contributed by atoms with van der Waals surface area (Å²) in [5.41, 5.74) is 13.6. The molecule has 0 aromatic heterocycles. The van der Waals surface area contributed by atoms with Crippen LogP contribution in [0.15, 0.2) is 48.5 Å². The van der Waals surface area contributed by atoms with Crippen molar-refractivity contribution in [1.29, 1.82) is 0 Å². The number of benzene rings is 2. The van der Waals surface area contributed by atoms with E-state index in [9.17, 15) is 0 Å².